The van der Waals surface area contributed by atoms with Crippen LogP contribution >= 0.6 is 0 Å². The van der Waals surface area contributed by atoms with Gasteiger partial charge in [0.15, 0.2) is 17.6 Å². The van der Waals surface area contributed by atoms with Gasteiger partial charge >= 0.3 is 0 Å². The zero-order valence-corrected chi connectivity index (χ0v) is 12.2. The Balaban J connectivity index is 2.10. The summed E-state index contributed by atoms with van der Waals surface area (Å²) >= 11 is 0. The van der Waals surface area contributed by atoms with Crippen LogP contribution in [-0.4, -0.2) is 38.4 Å². The summed E-state index contributed by atoms with van der Waals surface area (Å²) in [5, 5.41) is 49.3. The van der Waals surface area contributed by atoms with Crippen molar-refractivity contribution in [2.45, 2.75) is 18.3 Å². The molecule has 23 heavy (non-hydrogen) atoms. The molecule has 1 aliphatic rings. The van der Waals surface area contributed by atoms with E-state index >= 15 is 0 Å². The zero-order valence-electron chi connectivity index (χ0n) is 12.2. The van der Waals surface area contributed by atoms with Crippen LogP contribution in [0.4, 0.5) is 0 Å². The summed E-state index contributed by atoms with van der Waals surface area (Å²) in [5.41, 5.74) is 0.657. The van der Waals surface area contributed by atoms with Crippen molar-refractivity contribution in [3.63, 3.8) is 0 Å². The van der Waals surface area contributed by atoms with E-state index in [1.165, 1.54) is 31.4 Å². The van der Waals surface area contributed by atoms with Gasteiger partial charge in [-0.1, -0.05) is 6.07 Å². The molecule has 0 unspecified atom stereocenters. The highest BCUT2D eigenvalue weighted by Gasteiger charge is 2.46. The van der Waals surface area contributed by atoms with E-state index < -0.39 is 11.9 Å². The van der Waals surface area contributed by atoms with Crippen LogP contribution in [0, 0.1) is 0 Å². The lowest BCUT2D eigenvalue weighted by Crippen LogP contribution is -2.46. The molecule has 0 amide bonds. The molecule has 3 rings (SSSR count). The molecule has 122 valence electrons. The fourth-order valence-electron chi connectivity index (χ4n) is 2.68. The molecule has 2 atom stereocenters. The molecule has 1 heterocycles. The van der Waals surface area contributed by atoms with Crippen molar-refractivity contribution >= 4 is 0 Å². The second-order valence-electron chi connectivity index (χ2n) is 5.41. The molecule has 0 aliphatic carbocycles. The second-order valence-corrected chi connectivity index (χ2v) is 5.41. The monoisotopic (exact) mass is 320 g/mol. The molecule has 0 saturated carbocycles. The average Bonchev–Trinajstić information content (AvgIpc) is 2.50. The normalized spacial score (nSPS) is 23.1. The molecule has 0 bridgehead atoms. The molecule has 2 aromatic rings. The van der Waals surface area contributed by atoms with E-state index in [2.05, 4.69) is 0 Å². The maximum atomic E-state index is 10.7. The molecule has 0 spiro atoms. The lowest BCUT2D eigenvalue weighted by Gasteiger charge is -2.39. The summed E-state index contributed by atoms with van der Waals surface area (Å²) < 4.78 is 10.9. The quantitative estimate of drug-likeness (QED) is 0.420. The van der Waals surface area contributed by atoms with E-state index in [1.54, 1.807) is 0 Å². The van der Waals surface area contributed by atoms with Crippen molar-refractivity contribution in [1.29, 1.82) is 0 Å². The third kappa shape index (κ3) is 2.49. The number of phenolic OH excluding ortho intramolecular Hbond substituents is 4. The van der Waals surface area contributed by atoms with Crippen molar-refractivity contribution in [3.05, 3.63) is 41.5 Å². The van der Waals surface area contributed by atoms with Gasteiger partial charge in [-0.2, -0.15) is 0 Å². The fraction of sp³-hybridized carbons (Fsp3) is 0.250. The Morgan fingerprint density at radius 1 is 1.04 bits per heavy atom. The maximum Gasteiger partial charge on any atom is 0.212 e. The Morgan fingerprint density at radius 3 is 2.43 bits per heavy atom. The summed E-state index contributed by atoms with van der Waals surface area (Å²) in [6.45, 7) is 0. The molecule has 2 aromatic carbocycles. The predicted octanol–water partition coefficient (Wildman–Crippen LogP) is 1.52. The van der Waals surface area contributed by atoms with Crippen molar-refractivity contribution < 1.29 is 35.0 Å². The summed E-state index contributed by atoms with van der Waals surface area (Å²) in [6.07, 6.45) is -1.12. The molecule has 0 aromatic heterocycles. The lowest BCUT2D eigenvalue weighted by molar-refractivity contribution is -0.244. The summed E-state index contributed by atoms with van der Waals surface area (Å²) in [7, 11) is 1.29. The SMILES string of the molecule is CO[C@]1(O)Cc2c(O)cc(O)cc2O[C@@H]1c1ccc(O)c(O)c1. The van der Waals surface area contributed by atoms with Gasteiger partial charge in [0, 0.05) is 36.8 Å². The first kappa shape index (κ1) is 15.3. The summed E-state index contributed by atoms with van der Waals surface area (Å²) in [4.78, 5) is 0. The minimum absolute atomic E-state index is 0.0861. The standard InChI is InChI=1S/C16H16O7/c1-22-16(21)7-10-12(19)5-9(17)6-14(10)23-15(16)8-2-3-11(18)13(20)4-8/h2-6,15,17-21H,7H2,1H3/t15-,16-/m1/s1. The number of aromatic hydroxyl groups is 4. The Kier molecular flexibility index (Phi) is 3.46. The number of methoxy groups -OCH3 is 1. The van der Waals surface area contributed by atoms with Crippen LogP contribution in [0.1, 0.15) is 17.2 Å². The molecule has 7 nitrogen and oxygen atoms in total. The van der Waals surface area contributed by atoms with Gasteiger partial charge in [0.1, 0.15) is 17.2 Å². The minimum atomic E-state index is -1.80. The third-order valence-corrected chi connectivity index (χ3v) is 3.91. The number of rotatable bonds is 2. The Hall–Kier alpha value is -2.64. The van der Waals surface area contributed by atoms with Crippen molar-refractivity contribution in [1.82, 2.24) is 0 Å². The molecule has 0 radical (unpaired) electrons. The molecular weight excluding hydrogens is 304 g/mol. The Morgan fingerprint density at radius 2 is 1.78 bits per heavy atom. The van der Waals surface area contributed by atoms with Gasteiger partial charge in [-0.3, -0.25) is 0 Å². The van der Waals surface area contributed by atoms with Crippen LogP contribution < -0.4 is 4.74 Å². The van der Waals surface area contributed by atoms with Gasteiger partial charge < -0.3 is 35.0 Å². The Labute approximate surface area is 131 Å². The van der Waals surface area contributed by atoms with E-state index in [-0.39, 0.29) is 35.2 Å². The number of aliphatic hydroxyl groups is 1. The van der Waals surface area contributed by atoms with Crippen LogP contribution in [0.2, 0.25) is 0 Å². The van der Waals surface area contributed by atoms with E-state index in [0.29, 0.717) is 11.1 Å². The zero-order chi connectivity index (χ0) is 16.8. The highest BCUT2D eigenvalue weighted by Crippen LogP contribution is 2.47. The highest BCUT2D eigenvalue weighted by molar-refractivity contribution is 5.52. The number of phenols is 4. The van der Waals surface area contributed by atoms with Crippen LogP contribution in [-0.2, 0) is 11.2 Å². The minimum Gasteiger partial charge on any atom is -0.508 e. The number of benzene rings is 2. The number of fused-ring (bicyclic) bond motifs is 1. The first-order chi connectivity index (χ1) is 10.8. The van der Waals surface area contributed by atoms with Gasteiger partial charge in [0.2, 0.25) is 5.79 Å². The topological polar surface area (TPSA) is 120 Å². The molecule has 0 fully saturated rings. The van der Waals surface area contributed by atoms with Gasteiger partial charge in [-0.05, 0) is 12.1 Å². The van der Waals surface area contributed by atoms with Gasteiger partial charge in [-0.25, -0.2) is 0 Å². The lowest BCUT2D eigenvalue weighted by atomic mass is 9.90. The Bertz CT molecular complexity index is 758. The smallest absolute Gasteiger partial charge is 0.212 e. The van der Waals surface area contributed by atoms with E-state index in [9.17, 15) is 25.5 Å². The van der Waals surface area contributed by atoms with Crippen molar-refractivity contribution in [2.75, 3.05) is 7.11 Å². The van der Waals surface area contributed by atoms with Crippen LogP contribution in [0.25, 0.3) is 0 Å². The molecule has 0 saturated heterocycles. The number of hydrogen-bond acceptors (Lipinski definition) is 7. The van der Waals surface area contributed by atoms with Gasteiger partial charge in [-0.15, -0.1) is 0 Å². The van der Waals surface area contributed by atoms with Crippen LogP contribution in [0.15, 0.2) is 30.3 Å². The van der Waals surface area contributed by atoms with E-state index in [4.69, 9.17) is 9.47 Å². The van der Waals surface area contributed by atoms with Gasteiger partial charge in [0.25, 0.3) is 0 Å². The molecular formula is C16H16O7. The number of ether oxygens (including phenoxy) is 2. The third-order valence-electron chi connectivity index (χ3n) is 3.91. The number of hydrogen-bond donors (Lipinski definition) is 5. The molecule has 1 aliphatic heterocycles. The van der Waals surface area contributed by atoms with E-state index in [1.807, 2.05) is 0 Å². The fourth-order valence-corrected chi connectivity index (χ4v) is 2.68. The van der Waals surface area contributed by atoms with Crippen molar-refractivity contribution in [3.8, 4) is 28.7 Å². The molecule has 7 heteroatoms. The first-order valence-corrected chi connectivity index (χ1v) is 6.85. The summed E-state index contributed by atoms with van der Waals surface area (Å²) in [6, 6.07) is 6.44. The van der Waals surface area contributed by atoms with Crippen LogP contribution in [0.5, 0.6) is 28.7 Å². The molecule has 5 N–H and O–H groups in total. The predicted molar refractivity (Wildman–Crippen MR) is 78.6 cm³/mol. The van der Waals surface area contributed by atoms with Crippen LogP contribution in [0.3, 0.4) is 0 Å². The van der Waals surface area contributed by atoms with Crippen molar-refractivity contribution in [2.24, 2.45) is 0 Å². The highest BCUT2D eigenvalue weighted by atomic mass is 16.6. The summed E-state index contributed by atoms with van der Waals surface area (Å²) in [5.74, 6) is -2.68. The maximum absolute atomic E-state index is 10.7. The van der Waals surface area contributed by atoms with E-state index in [0.717, 1.165) is 6.07 Å². The largest absolute Gasteiger partial charge is 0.508 e. The first-order valence-electron chi connectivity index (χ1n) is 6.85. The second kappa shape index (κ2) is 5.22. The van der Waals surface area contributed by atoms with Gasteiger partial charge in [0.05, 0.1) is 0 Å². The average molecular weight is 320 g/mol.